The van der Waals surface area contributed by atoms with E-state index in [0.717, 1.165) is 63.5 Å². The average molecular weight is 357 g/mol. The molecule has 0 radical (unpaired) electrons. The zero-order valence-electron chi connectivity index (χ0n) is 15.9. The highest BCUT2D eigenvalue weighted by atomic mass is 16.5. The highest BCUT2D eigenvalue weighted by Gasteiger charge is 2.41. The van der Waals surface area contributed by atoms with E-state index >= 15 is 0 Å². The summed E-state index contributed by atoms with van der Waals surface area (Å²) >= 11 is 0. The van der Waals surface area contributed by atoms with Crippen LogP contribution in [0, 0.1) is 12.8 Å². The Morgan fingerprint density at radius 2 is 2.08 bits per heavy atom. The van der Waals surface area contributed by atoms with Gasteiger partial charge in [-0.3, -0.25) is 4.79 Å². The predicted molar refractivity (Wildman–Crippen MR) is 101 cm³/mol. The van der Waals surface area contributed by atoms with Gasteiger partial charge in [0.2, 0.25) is 5.91 Å². The smallest absolute Gasteiger partial charge is 0.226 e. The number of hydrogen-bond donors (Lipinski definition) is 0. The third kappa shape index (κ3) is 4.47. The molecule has 2 heterocycles. The lowest BCUT2D eigenvalue weighted by molar-refractivity contribution is -0.161. The number of rotatable bonds is 5. The van der Waals surface area contributed by atoms with Gasteiger partial charge >= 0.3 is 0 Å². The van der Waals surface area contributed by atoms with Crippen LogP contribution in [0.3, 0.4) is 0 Å². The first-order valence-electron chi connectivity index (χ1n) is 10.2. The van der Waals surface area contributed by atoms with E-state index in [-0.39, 0.29) is 11.5 Å². The lowest BCUT2D eigenvalue weighted by Crippen LogP contribution is -2.52. The van der Waals surface area contributed by atoms with Crippen molar-refractivity contribution in [1.29, 1.82) is 0 Å². The minimum atomic E-state index is -0.0629. The topological polar surface area (TPSA) is 38.8 Å². The van der Waals surface area contributed by atoms with Crippen molar-refractivity contribution in [3.05, 3.63) is 35.4 Å². The first-order chi connectivity index (χ1) is 12.6. The van der Waals surface area contributed by atoms with Gasteiger partial charge in [-0.05, 0) is 50.5 Å². The van der Waals surface area contributed by atoms with E-state index in [1.807, 2.05) is 17.0 Å². The Kier molecular flexibility index (Phi) is 5.32. The Labute approximate surface area is 156 Å². The molecular formula is C22H31NO3. The molecule has 1 aliphatic carbocycles. The van der Waals surface area contributed by atoms with Gasteiger partial charge in [0, 0.05) is 32.7 Å². The summed E-state index contributed by atoms with van der Waals surface area (Å²) < 4.78 is 12.3. The Morgan fingerprint density at radius 1 is 1.27 bits per heavy atom. The molecule has 26 heavy (non-hydrogen) atoms. The molecule has 0 aromatic heterocycles. The second kappa shape index (κ2) is 7.69. The average Bonchev–Trinajstić information content (AvgIpc) is 3.45. The van der Waals surface area contributed by atoms with Crippen molar-refractivity contribution in [3.8, 4) is 0 Å². The zero-order valence-corrected chi connectivity index (χ0v) is 15.9. The molecule has 1 unspecified atom stereocenters. The molecule has 1 aromatic carbocycles. The Balaban J connectivity index is 1.27. The Bertz CT molecular complexity index is 632. The molecule has 1 spiro atoms. The number of piperidine rings is 1. The number of benzene rings is 1. The predicted octanol–water partition coefficient (Wildman–Crippen LogP) is 3.50. The lowest BCUT2D eigenvalue weighted by atomic mass is 9.83. The summed E-state index contributed by atoms with van der Waals surface area (Å²) in [5, 5.41) is 0. The van der Waals surface area contributed by atoms with E-state index in [1.54, 1.807) is 0 Å². The monoisotopic (exact) mass is 357 g/mol. The van der Waals surface area contributed by atoms with Crippen LogP contribution in [0.2, 0.25) is 0 Å². The first kappa shape index (κ1) is 18.0. The Morgan fingerprint density at radius 3 is 2.81 bits per heavy atom. The van der Waals surface area contributed by atoms with E-state index in [4.69, 9.17) is 9.47 Å². The fourth-order valence-corrected chi connectivity index (χ4v) is 4.30. The Hall–Kier alpha value is -1.39. The van der Waals surface area contributed by atoms with E-state index in [1.165, 1.54) is 18.4 Å². The molecule has 4 heteroatoms. The molecule has 1 saturated carbocycles. The van der Waals surface area contributed by atoms with Crippen LogP contribution in [-0.2, 0) is 20.7 Å². The molecule has 1 amide bonds. The largest absolute Gasteiger partial charge is 0.378 e. The second-order valence-electron chi connectivity index (χ2n) is 8.47. The number of carbonyl (C=O) groups is 1. The summed E-state index contributed by atoms with van der Waals surface area (Å²) in [5.41, 5.74) is 2.26. The van der Waals surface area contributed by atoms with Crippen molar-refractivity contribution in [3.63, 3.8) is 0 Å². The van der Waals surface area contributed by atoms with Crippen LogP contribution >= 0.6 is 0 Å². The van der Waals surface area contributed by atoms with Gasteiger partial charge in [0.1, 0.15) is 0 Å². The van der Waals surface area contributed by atoms with E-state index in [9.17, 15) is 4.79 Å². The highest BCUT2D eigenvalue weighted by molar-refractivity contribution is 5.79. The SMILES string of the molecule is Cc1cccc(CC(=O)N2CCC3(CC2)CC(OCC2CC2)CCO3)c1. The number of carbonyl (C=O) groups excluding carboxylic acids is 1. The van der Waals surface area contributed by atoms with Crippen LogP contribution in [0.25, 0.3) is 0 Å². The molecule has 4 rings (SSSR count). The van der Waals surface area contributed by atoms with Crippen molar-refractivity contribution in [1.82, 2.24) is 4.90 Å². The van der Waals surface area contributed by atoms with Gasteiger partial charge in [-0.1, -0.05) is 29.8 Å². The molecule has 1 aromatic rings. The molecule has 3 aliphatic rings. The van der Waals surface area contributed by atoms with Gasteiger partial charge in [-0.15, -0.1) is 0 Å². The van der Waals surface area contributed by atoms with Gasteiger partial charge < -0.3 is 14.4 Å². The van der Waals surface area contributed by atoms with Crippen LogP contribution in [-0.4, -0.2) is 48.8 Å². The number of nitrogens with zero attached hydrogens (tertiary/aromatic N) is 1. The van der Waals surface area contributed by atoms with Crippen molar-refractivity contribution in [2.75, 3.05) is 26.3 Å². The summed E-state index contributed by atoms with van der Waals surface area (Å²) in [5.74, 6) is 1.05. The van der Waals surface area contributed by atoms with Gasteiger partial charge in [-0.2, -0.15) is 0 Å². The van der Waals surface area contributed by atoms with Crippen LogP contribution in [0.4, 0.5) is 0 Å². The second-order valence-corrected chi connectivity index (χ2v) is 8.47. The minimum Gasteiger partial charge on any atom is -0.378 e. The third-order valence-corrected chi connectivity index (χ3v) is 6.18. The number of amides is 1. The number of ether oxygens (including phenoxy) is 2. The van der Waals surface area contributed by atoms with E-state index in [2.05, 4.69) is 19.1 Å². The van der Waals surface area contributed by atoms with Gasteiger partial charge in [-0.25, -0.2) is 0 Å². The summed E-state index contributed by atoms with van der Waals surface area (Å²) in [6.07, 6.45) is 7.43. The van der Waals surface area contributed by atoms with Crippen LogP contribution in [0.1, 0.15) is 49.7 Å². The fourth-order valence-electron chi connectivity index (χ4n) is 4.30. The van der Waals surface area contributed by atoms with Crippen molar-refractivity contribution in [2.45, 2.75) is 63.6 Å². The summed E-state index contributed by atoms with van der Waals surface area (Å²) in [6, 6.07) is 8.25. The van der Waals surface area contributed by atoms with Crippen molar-refractivity contribution >= 4 is 5.91 Å². The first-order valence-corrected chi connectivity index (χ1v) is 10.2. The van der Waals surface area contributed by atoms with Gasteiger partial charge in [0.05, 0.1) is 18.1 Å². The number of hydrogen-bond acceptors (Lipinski definition) is 3. The molecular weight excluding hydrogens is 326 g/mol. The molecule has 2 saturated heterocycles. The maximum atomic E-state index is 12.7. The molecule has 142 valence electrons. The van der Waals surface area contributed by atoms with E-state index in [0.29, 0.717) is 12.5 Å². The molecule has 3 fully saturated rings. The van der Waals surface area contributed by atoms with Gasteiger partial charge in [0.15, 0.2) is 0 Å². The minimum absolute atomic E-state index is 0.0629. The quantitative estimate of drug-likeness (QED) is 0.809. The zero-order chi connectivity index (χ0) is 18.0. The molecule has 4 nitrogen and oxygen atoms in total. The van der Waals surface area contributed by atoms with Crippen LogP contribution in [0.5, 0.6) is 0 Å². The summed E-state index contributed by atoms with van der Waals surface area (Å²) in [6.45, 7) is 5.41. The standard InChI is InChI=1S/C22H31NO3/c1-17-3-2-4-19(13-17)14-21(24)23-10-8-22(9-11-23)15-20(7-12-26-22)25-16-18-5-6-18/h2-4,13,18,20H,5-12,14-16H2,1H3. The van der Waals surface area contributed by atoms with Crippen LogP contribution < -0.4 is 0 Å². The molecule has 0 bridgehead atoms. The third-order valence-electron chi connectivity index (χ3n) is 6.18. The summed E-state index contributed by atoms with van der Waals surface area (Å²) in [4.78, 5) is 14.7. The maximum absolute atomic E-state index is 12.7. The summed E-state index contributed by atoms with van der Waals surface area (Å²) in [7, 11) is 0. The van der Waals surface area contributed by atoms with Crippen LogP contribution in [0.15, 0.2) is 24.3 Å². The van der Waals surface area contributed by atoms with Crippen molar-refractivity contribution in [2.24, 2.45) is 5.92 Å². The lowest BCUT2D eigenvalue weighted by Gasteiger charge is -2.46. The number of aryl methyl sites for hydroxylation is 1. The van der Waals surface area contributed by atoms with E-state index < -0.39 is 0 Å². The number of likely N-dealkylation sites (tertiary alicyclic amines) is 1. The maximum Gasteiger partial charge on any atom is 0.226 e. The van der Waals surface area contributed by atoms with Gasteiger partial charge in [0.25, 0.3) is 0 Å². The highest BCUT2D eigenvalue weighted by Crippen LogP contribution is 2.37. The molecule has 1 atom stereocenters. The molecule has 0 N–H and O–H groups in total. The van der Waals surface area contributed by atoms with Crippen molar-refractivity contribution < 1.29 is 14.3 Å². The molecule has 2 aliphatic heterocycles. The fraction of sp³-hybridized carbons (Fsp3) is 0.682. The normalized spacial score (nSPS) is 25.4.